The van der Waals surface area contributed by atoms with Gasteiger partial charge in [-0.15, -0.1) is 0 Å². The van der Waals surface area contributed by atoms with Crippen LogP contribution < -0.4 is 4.90 Å². The van der Waals surface area contributed by atoms with Gasteiger partial charge < -0.3 is 14.5 Å². The van der Waals surface area contributed by atoms with Crippen LogP contribution in [0, 0.1) is 6.92 Å². The van der Waals surface area contributed by atoms with Crippen LogP contribution in [-0.4, -0.2) is 55.0 Å². The van der Waals surface area contributed by atoms with Crippen LogP contribution in [0.15, 0.2) is 30.3 Å². The van der Waals surface area contributed by atoms with E-state index < -0.39 is 5.97 Å². The lowest BCUT2D eigenvalue weighted by molar-refractivity contribution is 0.0599. The number of amides is 1. The molecule has 0 radical (unpaired) electrons. The Morgan fingerprint density at radius 3 is 2.22 bits per heavy atom. The number of methoxy groups -OCH3 is 1. The van der Waals surface area contributed by atoms with Gasteiger partial charge in [-0.25, -0.2) is 9.78 Å². The Morgan fingerprint density at radius 2 is 1.67 bits per heavy atom. The Balaban J connectivity index is 1.67. The van der Waals surface area contributed by atoms with E-state index in [0.29, 0.717) is 53.0 Å². The van der Waals surface area contributed by atoms with Crippen molar-refractivity contribution >= 4 is 40.9 Å². The number of pyridine rings is 1. The molecule has 1 saturated heterocycles. The normalized spacial score (nSPS) is 14.2. The monoisotopic (exact) mass is 407 g/mol. The second-order valence-electron chi connectivity index (χ2n) is 6.23. The van der Waals surface area contributed by atoms with Crippen molar-refractivity contribution in [2.45, 2.75) is 6.92 Å². The summed E-state index contributed by atoms with van der Waals surface area (Å²) < 4.78 is 4.75. The number of rotatable bonds is 3. The summed E-state index contributed by atoms with van der Waals surface area (Å²) in [5, 5.41) is 0.879. The lowest BCUT2D eigenvalue weighted by atomic mass is 10.1. The van der Waals surface area contributed by atoms with Gasteiger partial charge in [0.25, 0.3) is 5.91 Å². The van der Waals surface area contributed by atoms with Crippen LogP contribution in [0.2, 0.25) is 10.0 Å². The number of aromatic nitrogens is 1. The number of esters is 1. The molecule has 0 unspecified atom stereocenters. The Morgan fingerprint density at radius 1 is 1.04 bits per heavy atom. The van der Waals surface area contributed by atoms with Gasteiger partial charge in [-0.05, 0) is 37.3 Å². The van der Waals surface area contributed by atoms with Gasteiger partial charge in [0, 0.05) is 41.8 Å². The van der Waals surface area contributed by atoms with E-state index in [0.717, 1.165) is 5.82 Å². The zero-order valence-electron chi connectivity index (χ0n) is 15.0. The van der Waals surface area contributed by atoms with Gasteiger partial charge >= 0.3 is 5.97 Å². The summed E-state index contributed by atoms with van der Waals surface area (Å²) in [7, 11) is 1.35. The van der Waals surface area contributed by atoms with Crippen molar-refractivity contribution in [2.75, 3.05) is 38.2 Å². The van der Waals surface area contributed by atoms with Gasteiger partial charge in [0.05, 0.1) is 18.4 Å². The van der Waals surface area contributed by atoms with Crippen LogP contribution in [0.3, 0.4) is 0 Å². The van der Waals surface area contributed by atoms with E-state index in [4.69, 9.17) is 27.9 Å². The summed E-state index contributed by atoms with van der Waals surface area (Å²) in [4.78, 5) is 32.7. The molecule has 3 rings (SSSR count). The number of carbonyl (C=O) groups excluding carboxylic acids is 2. The van der Waals surface area contributed by atoms with E-state index in [9.17, 15) is 9.59 Å². The van der Waals surface area contributed by atoms with Crippen LogP contribution in [0.25, 0.3) is 0 Å². The van der Waals surface area contributed by atoms with Crippen LogP contribution in [0.1, 0.15) is 26.4 Å². The van der Waals surface area contributed by atoms with E-state index in [1.54, 1.807) is 42.2 Å². The topological polar surface area (TPSA) is 62.7 Å². The Kier molecular flexibility index (Phi) is 5.87. The van der Waals surface area contributed by atoms with E-state index >= 15 is 0 Å². The molecule has 0 aliphatic carbocycles. The largest absolute Gasteiger partial charge is 0.465 e. The molecule has 0 N–H and O–H groups in total. The summed E-state index contributed by atoms with van der Waals surface area (Å²) in [6, 6.07) is 8.36. The van der Waals surface area contributed by atoms with E-state index in [2.05, 4.69) is 9.88 Å². The summed E-state index contributed by atoms with van der Waals surface area (Å²) in [5.41, 5.74) is 1.55. The summed E-state index contributed by atoms with van der Waals surface area (Å²) in [5.74, 6) is 0.282. The molecule has 2 heterocycles. The fourth-order valence-corrected chi connectivity index (χ4v) is 3.57. The minimum atomic E-state index is -0.401. The molecule has 2 aromatic rings. The Labute approximate surface area is 167 Å². The first-order valence-corrected chi connectivity index (χ1v) is 9.21. The van der Waals surface area contributed by atoms with Crippen molar-refractivity contribution < 1.29 is 14.3 Å². The average Bonchev–Trinajstić information content (AvgIpc) is 2.66. The van der Waals surface area contributed by atoms with Crippen molar-refractivity contribution in [1.82, 2.24) is 9.88 Å². The molecule has 1 fully saturated rings. The second kappa shape index (κ2) is 8.15. The third kappa shape index (κ3) is 4.34. The molecule has 0 saturated carbocycles. The zero-order chi connectivity index (χ0) is 19.6. The average molecular weight is 408 g/mol. The lowest BCUT2D eigenvalue weighted by Crippen LogP contribution is -2.49. The maximum atomic E-state index is 12.7. The summed E-state index contributed by atoms with van der Waals surface area (Å²) >= 11 is 12.0. The highest BCUT2D eigenvalue weighted by atomic mass is 35.5. The number of hydrogen-bond donors (Lipinski definition) is 0. The van der Waals surface area contributed by atoms with Gasteiger partial charge in [-0.2, -0.15) is 0 Å². The van der Waals surface area contributed by atoms with Crippen molar-refractivity contribution in [3.63, 3.8) is 0 Å². The highest BCUT2D eigenvalue weighted by Crippen LogP contribution is 2.22. The Hall–Kier alpha value is -2.31. The minimum Gasteiger partial charge on any atom is -0.465 e. The number of halogens is 2. The van der Waals surface area contributed by atoms with Gasteiger partial charge in [-0.3, -0.25) is 4.79 Å². The van der Waals surface area contributed by atoms with Gasteiger partial charge in [-0.1, -0.05) is 23.2 Å². The molecule has 0 spiro atoms. The number of benzene rings is 1. The van der Waals surface area contributed by atoms with Crippen LogP contribution in [0.4, 0.5) is 5.82 Å². The fourth-order valence-electron chi connectivity index (χ4n) is 3.05. The van der Waals surface area contributed by atoms with Gasteiger partial charge in [0.15, 0.2) is 0 Å². The predicted octanol–water partition coefficient (Wildman–Crippen LogP) is 3.45. The first kappa shape index (κ1) is 19.5. The molecule has 0 bridgehead atoms. The molecule has 6 nitrogen and oxygen atoms in total. The zero-order valence-corrected chi connectivity index (χ0v) is 16.5. The molecular weight excluding hydrogens is 389 g/mol. The first-order valence-electron chi connectivity index (χ1n) is 8.45. The highest BCUT2D eigenvalue weighted by Gasteiger charge is 2.24. The van der Waals surface area contributed by atoms with Crippen LogP contribution in [-0.2, 0) is 4.74 Å². The van der Waals surface area contributed by atoms with E-state index in [-0.39, 0.29) is 5.91 Å². The van der Waals surface area contributed by atoms with Crippen molar-refractivity contribution in [3.05, 3.63) is 57.2 Å². The number of carbonyl (C=O) groups is 2. The number of hydrogen-bond acceptors (Lipinski definition) is 5. The molecule has 1 aromatic carbocycles. The minimum absolute atomic E-state index is 0.0933. The van der Waals surface area contributed by atoms with Crippen LogP contribution in [0.5, 0.6) is 0 Å². The molecular formula is C19H19Cl2N3O3. The molecule has 27 heavy (non-hydrogen) atoms. The number of ether oxygens (including phenoxy) is 1. The van der Waals surface area contributed by atoms with Crippen LogP contribution >= 0.6 is 23.2 Å². The SMILES string of the molecule is COC(=O)c1ccc(N2CCN(C(=O)c3cc(Cl)cc(Cl)c3)CC2)nc1C. The third-order valence-corrected chi connectivity index (χ3v) is 4.91. The maximum absolute atomic E-state index is 12.7. The molecule has 1 aliphatic rings. The predicted molar refractivity (Wildman–Crippen MR) is 105 cm³/mol. The standard InChI is InChI=1S/C19H19Cl2N3O3/c1-12-16(19(26)27-2)3-4-17(22-12)23-5-7-24(8-6-23)18(25)13-9-14(20)11-15(21)10-13/h3-4,9-11H,5-8H2,1-2H3. The molecule has 1 amide bonds. The summed E-state index contributed by atoms with van der Waals surface area (Å²) in [6.45, 7) is 4.18. The van der Waals surface area contributed by atoms with Crippen molar-refractivity contribution in [2.24, 2.45) is 0 Å². The van der Waals surface area contributed by atoms with Gasteiger partial charge in [0.2, 0.25) is 0 Å². The smallest absolute Gasteiger partial charge is 0.339 e. The molecule has 142 valence electrons. The van der Waals surface area contributed by atoms with E-state index in [1.807, 2.05) is 0 Å². The molecule has 1 aliphatic heterocycles. The second-order valence-corrected chi connectivity index (χ2v) is 7.10. The van der Waals surface area contributed by atoms with Crippen molar-refractivity contribution in [3.8, 4) is 0 Å². The number of aryl methyl sites for hydroxylation is 1. The molecule has 1 aromatic heterocycles. The molecule has 8 heteroatoms. The number of anilines is 1. The number of nitrogens with zero attached hydrogens (tertiary/aromatic N) is 3. The maximum Gasteiger partial charge on any atom is 0.339 e. The highest BCUT2D eigenvalue weighted by molar-refractivity contribution is 6.35. The molecule has 0 atom stereocenters. The van der Waals surface area contributed by atoms with Crippen molar-refractivity contribution in [1.29, 1.82) is 0 Å². The third-order valence-electron chi connectivity index (χ3n) is 4.48. The number of piperazine rings is 1. The first-order chi connectivity index (χ1) is 12.9. The van der Waals surface area contributed by atoms with Gasteiger partial charge in [0.1, 0.15) is 5.82 Å². The fraction of sp³-hybridized carbons (Fsp3) is 0.316. The Bertz CT molecular complexity index is 860. The lowest BCUT2D eigenvalue weighted by Gasteiger charge is -2.35. The quantitative estimate of drug-likeness (QED) is 0.729. The van der Waals surface area contributed by atoms with E-state index in [1.165, 1.54) is 7.11 Å². The summed E-state index contributed by atoms with van der Waals surface area (Å²) in [6.07, 6.45) is 0.